The Morgan fingerprint density at radius 1 is 0.960 bits per heavy atom. The topological polar surface area (TPSA) is 42.9 Å². The number of hydrogen-bond donors (Lipinski definition) is 0. The number of rotatable bonds is 3. The molecular formula is C19H31N5O. The summed E-state index contributed by atoms with van der Waals surface area (Å²) in [6.07, 6.45) is 0.408. The molecule has 2 saturated heterocycles. The lowest BCUT2D eigenvalue weighted by Gasteiger charge is -2.35. The number of aryl methyl sites for hydroxylation is 1. The molecule has 6 nitrogen and oxygen atoms in total. The Hall–Kier alpha value is -1.66. The normalized spacial score (nSPS) is 20.2. The fourth-order valence-corrected chi connectivity index (χ4v) is 3.53. The third-order valence-corrected chi connectivity index (χ3v) is 5.55. The number of likely N-dealkylation sites (N-methyl/N-ethyl adjacent to an activating group) is 2. The third-order valence-electron chi connectivity index (χ3n) is 5.55. The van der Waals surface area contributed by atoms with Crippen molar-refractivity contribution in [3.8, 4) is 0 Å². The van der Waals surface area contributed by atoms with Gasteiger partial charge in [0.25, 0.3) is 0 Å². The number of nitrogens with zero attached hydrogens (tertiary/aromatic N) is 5. The highest BCUT2D eigenvalue weighted by atomic mass is 16.2. The molecule has 0 atom stereocenters. The molecule has 2 aliphatic heterocycles. The maximum Gasteiger partial charge on any atom is 0.228 e. The number of anilines is 1. The Kier molecular flexibility index (Phi) is 5.59. The Morgan fingerprint density at radius 2 is 1.52 bits per heavy atom. The first-order chi connectivity index (χ1) is 11.9. The van der Waals surface area contributed by atoms with Crippen LogP contribution >= 0.6 is 0 Å². The average Bonchev–Trinajstić information content (AvgIpc) is 2.59. The summed E-state index contributed by atoms with van der Waals surface area (Å²) in [5, 5.41) is 0. The molecule has 1 aromatic heterocycles. The van der Waals surface area contributed by atoms with Gasteiger partial charge in [-0.15, -0.1) is 0 Å². The van der Waals surface area contributed by atoms with Gasteiger partial charge in [0.2, 0.25) is 5.91 Å². The van der Waals surface area contributed by atoms with Crippen LogP contribution in [0.2, 0.25) is 0 Å². The molecule has 138 valence electrons. The standard InChI is InChI=1S/C19H31N5O/c1-15-13-17(14-18(25)23-9-5-21(3)6-10-23)20-19(16(15)2)24-11-7-22(4)8-12-24/h13H,5-12,14H2,1-4H3. The van der Waals surface area contributed by atoms with E-state index in [0.29, 0.717) is 6.42 Å². The molecule has 1 aromatic rings. The third kappa shape index (κ3) is 4.30. The quantitative estimate of drug-likeness (QED) is 0.809. The average molecular weight is 345 g/mol. The number of carbonyl (C=O) groups is 1. The minimum Gasteiger partial charge on any atom is -0.354 e. The number of piperazine rings is 2. The van der Waals surface area contributed by atoms with Crippen LogP contribution in [0.15, 0.2) is 6.07 Å². The molecule has 1 amide bonds. The van der Waals surface area contributed by atoms with Crippen LogP contribution in [-0.4, -0.2) is 92.0 Å². The highest BCUT2D eigenvalue weighted by molar-refractivity contribution is 5.78. The van der Waals surface area contributed by atoms with Crippen molar-refractivity contribution in [2.24, 2.45) is 0 Å². The summed E-state index contributed by atoms with van der Waals surface area (Å²) in [7, 11) is 4.27. The summed E-state index contributed by atoms with van der Waals surface area (Å²) in [6, 6.07) is 2.09. The van der Waals surface area contributed by atoms with Gasteiger partial charge in [0, 0.05) is 52.4 Å². The number of amides is 1. The van der Waals surface area contributed by atoms with Crippen molar-refractivity contribution in [1.82, 2.24) is 19.7 Å². The van der Waals surface area contributed by atoms with E-state index in [1.807, 2.05) is 4.90 Å². The molecule has 0 aliphatic carbocycles. The molecule has 0 saturated carbocycles. The summed E-state index contributed by atoms with van der Waals surface area (Å²) in [5.41, 5.74) is 3.37. The van der Waals surface area contributed by atoms with Crippen molar-refractivity contribution in [2.75, 3.05) is 71.4 Å². The first-order valence-electron chi connectivity index (χ1n) is 9.31. The monoisotopic (exact) mass is 345 g/mol. The van der Waals surface area contributed by atoms with Gasteiger partial charge in [0.1, 0.15) is 5.82 Å². The highest BCUT2D eigenvalue weighted by Gasteiger charge is 2.22. The van der Waals surface area contributed by atoms with E-state index in [4.69, 9.17) is 4.98 Å². The highest BCUT2D eigenvalue weighted by Crippen LogP contribution is 2.23. The number of aromatic nitrogens is 1. The maximum atomic E-state index is 12.6. The zero-order chi connectivity index (χ0) is 18.0. The second kappa shape index (κ2) is 7.70. The lowest BCUT2D eigenvalue weighted by Crippen LogP contribution is -2.47. The van der Waals surface area contributed by atoms with E-state index in [1.54, 1.807) is 0 Å². The molecule has 2 fully saturated rings. The predicted octanol–water partition coefficient (Wildman–Crippen LogP) is 0.767. The fraction of sp³-hybridized carbons (Fsp3) is 0.684. The predicted molar refractivity (Wildman–Crippen MR) is 101 cm³/mol. The number of carbonyl (C=O) groups excluding carboxylic acids is 1. The van der Waals surface area contributed by atoms with E-state index < -0.39 is 0 Å². The van der Waals surface area contributed by atoms with E-state index in [-0.39, 0.29) is 5.91 Å². The smallest absolute Gasteiger partial charge is 0.228 e. The summed E-state index contributed by atoms with van der Waals surface area (Å²) in [4.78, 5) is 26.5. The molecule has 0 bridgehead atoms. The molecule has 0 aromatic carbocycles. The van der Waals surface area contributed by atoms with Gasteiger partial charge in [-0.25, -0.2) is 4.98 Å². The fourth-order valence-electron chi connectivity index (χ4n) is 3.53. The van der Waals surface area contributed by atoms with Gasteiger partial charge in [-0.2, -0.15) is 0 Å². The molecule has 0 spiro atoms. The van der Waals surface area contributed by atoms with Gasteiger partial charge in [0.15, 0.2) is 0 Å². The van der Waals surface area contributed by atoms with Crippen molar-refractivity contribution in [1.29, 1.82) is 0 Å². The first kappa shape index (κ1) is 18.1. The summed E-state index contributed by atoms with van der Waals surface area (Å²) < 4.78 is 0. The SMILES string of the molecule is Cc1cc(CC(=O)N2CCN(C)CC2)nc(N2CCN(C)CC2)c1C. The molecular weight excluding hydrogens is 314 g/mol. The van der Waals surface area contributed by atoms with Gasteiger partial charge < -0.3 is 19.6 Å². The Morgan fingerprint density at radius 3 is 2.12 bits per heavy atom. The van der Waals surface area contributed by atoms with Crippen molar-refractivity contribution in [3.63, 3.8) is 0 Å². The summed E-state index contributed by atoms with van der Waals surface area (Å²) in [6.45, 7) is 11.9. The van der Waals surface area contributed by atoms with E-state index in [0.717, 1.165) is 63.9 Å². The number of hydrogen-bond acceptors (Lipinski definition) is 5. The van der Waals surface area contributed by atoms with Crippen LogP contribution in [0.3, 0.4) is 0 Å². The van der Waals surface area contributed by atoms with Crippen molar-refractivity contribution >= 4 is 11.7 Å². The summed E-state index contributed by atoms with van der Waals surface area (Å²) in [5.74, 6) is 1.27. The van der Waals surface area contributed by atoms with Gasteiger partial charge >= 0.3 is 0 Å². The van der Waals surface area contributed by atoms with E-state index >= 15 is 0 Å². The summed E-state index contributed by atoms with van der Waals surface area (Å²) >= 11 is 0. The molecule has 6 heteroatoms. The molecule has 3 rings (SSSR count). The largest absolute Gasteiger partial charge is 0.354 e. The lowest BCUT2D eigenvalue weighted by atomic mass is 10.1. The minimum atomic E-state index is 0.202. The second-order valence-electron chi connectivity index (χ2n) is 7.53. The molecule has 0 N–H and O–H groups in total. The van der Waals surface area contributed by atoms with Gasteiger partial charge in [0.05, 0.1) is 12.1 Å². The van der Waals surface area contributed by atoms with Gasteiger partial charge in [-0.1, -0.05) is 0 Å². The lowest BCUT2D eigenvalue weighted by molar-refractivity contribution is -0.132. The molecule has 25 heavy (non-hydrogen) atoms. The van der Waals surface area contributed by atoms with Crippen LogP contribution in [-0.2, 0) is 11.2 Å². The molecule has 0 radical (unpaired) electrons. The Labute approximate surface area is 151 Å². The second-order valence-corrected chi connectivity index (χ2v) is 7.53. The first-order valence-corrected chi connectivity index (χ1v) is 9.31. The van der Waals surface area contributed by atoms with Crippen LogP contribution in [0.25, 0.3) is 0 Å². The number of pyridine rings is 1. The molecule has 0 unspecified atom stereocenters. The van der Waals surface area contributed by atoms with Crippen LogP contribution < -0.4 is 4.90 Å². The zero-order valence-corrected chi connectivity index (χ0v) is 16.1. The van der Waals surface area contributed by atoms with Gasteiger partial charge in [-0.3, -0.25) is 4.79 Å². The van der Waals surface area contributed by atoms with Crippen molar-refractivity contribution in [2.45, 2.75) is 20.3 Å². The molecule has 3 heterocycles. The van der Waals surface area contributed by atoms with Crippen molar-refractivity contribution < 1.29 is 4.79 Å². The van der Waals surface area contributed by atoms with Crippen LogP contribution in [0.5, 0.6) is 0 Å². The van der Waals surface area contributed by atoms with E-state index in [9.17, 15) is 4.79 Å². The molecule has 2 aliphatic rings. The Balaban J connectivity index is 1.72. The zero-order valence-electron chi connectivity index (χ0n) is 16.1. The maximum absolute atomic E-state index is 12.6. The van der Waals surface area contributed by atoms with E-state index in [1.165, 1.54) is 11.1 Å². The van der Waals surface area contributed by atoms with Crippen LogP contribution in [0, 0.1) is 13.8 Å². The Bertz CT molecular complexity index is 616. The van der Waals surface area contributed by atoms with Crippen LogP contribution in [0.1, 0.15) is 16.8 Å². The minimum absolute atomic E-state index is 0.202. The van der Waals surface area contributed by atoms with Crippen LogP contribution in [0.4, 0.5) is 5.82 Å². The van der Waals surface area contributed by atoms with Crippen molar-refractivity contribution in [3.05, 3.63) is 22.9 Å². The van der Waals surface area contributed by atoms with Gasteiger partial charge in [-0.05, 0) is 45.1 Å². The van der Waals surface area contributed by atoms with E-state index in [2.05, 4.69) is 48.7 Å².